The summed E-state index contributed by atoms with van der Waals surface area (Å²) < 4.78 is 39.4. The van der Waals surface area contributed by atoms with Gasteiger partial charge in [-0.05, 0) is 31.5 Å². The molecule has 13 heteroatoms. The van der Waals surface area contributed by atoms with Crippen LogP contribution in [0.1, 0.15) is 40.3 Å². The highest BCUT2D eigenvalue weighted by molar-refractivity contribution is 5.95. The van der Waals surface area contributed by atoms with Gasteiger partial charge in [-0.3, -0.25) is 14.2 Å². The lowest BCUT2D eigenvalue weighted by Gasteiger charge is -2.16. The molecule has 0 saturated carbocycles. The fourth-order valence-corrected chi connectivity index (χ4v) is 3.23. The van der Waals surface area contributed by atoms with Gasteiger partial charge in [-0.1, -0.05) is 6.07 Å². The molecule has 4 aromatic rings. The molecule has 4 heterocycles. The Morgan fingerprint density at radius 1 is 1.03 bits per heavy atom. The third-order valence-corrected chi connectivity index (χ3v) is 5.18. The van der Waals surface area contributed by atoms with Crippen molar-refractivity contribution in [2.24, 2.45) is 0 Å². The Kier molecular flexibility index (Phi) is 6.47. The Balaban J connectivity index is 1.71. The van der Waals surface area contributed by atoms with E-state index < -0.39 is 29.5 Å². The fourth-order valence-electron chi connectivity index (χ4n) is 3.23. The molecule has 0 saturated heterocycles. The fraction of sp³-hybridized carbons (Fsp3) is 0.174. The first-order chi connectivity index (χ1) is 17.0. The number of hydrogen-bond donors (Lipinski definition) is 2. The first-order valence-electron chi connectivity index (χ1n) is 10.5. The second kappa shape index (κ2) is 9.52. The Morgan fingerprint density at radius 2 is 1.69 bits per heavy atom. The number of amides is 1. The lowest BCUT2D eigenvalue weighted by Crippen LogP contribution is -2.30. The van der Waals surface area contributed by atoms with E-state index in [1.807, 2.05) is 6.92 Å². The summed E-state index contributed by atoms with van der Waals surface area (Å²) in [6, 6.07) is 4.03. The maximum atomic E-state index is 13.3. The summed E-state index contributed by atoms with van der Waals surface area (Å²) in [6.07, 6.45) is 2.93. The van der Waals surface area contributed by atoms with E-state index in [-0.39, 0.29) is 28.5 Å². The lowest BCUT2D eigenvalue weighted by atomic mass is 10.1. The van der Waals surface area contributed by atoms with E-state index >= 15 is 0 Å². The van der Waals surface area contributed by atoms with Crippen molar-refractivity contribution in [2.75, 3.05) is 5.73 Å². The summed E-state index contributed by atoms with van der Waals surface area (Å²) in [6.45, 7) is 3.41. The normalized spacial score (nSPS) is 12.2. The minimum absolute atomic E-state index is 0.0146. The number of hydrogen-bond acceptors (Lipinski definition) is 8. The smallest absolute Gasteiger partial charge is 0.368 e. The number of anilines is 1. The van der Waals surface area contributed by atoms with Crippen LogP contribution in [0.25, 0.3) is 16.9 Å². The summed E-state index contributed by atoms with van der Waals surface area (Å²) in [7, 11) is 0. The van der Waals surface area contributed by atoms with Crippen LogP contribution in [-0.2, 0) is 6.18 Å². The van der Waals surface area contributed by atoms with E-state index in [4.69, 9.17) is 5.73 Å². The number of nitrogen functional groups attached to an aromatic ring is 1. The second-order valence-electron chi connectivity index (χ2n) is 7.87. The molecule has 0 bridgehead atoms. The molecule has 0 aliphatic heterocycles. The first-order valence-corrected chi connectivity index (χ1v) is 10.5. The highest BCUT2D eigenvalue weighted by atomic mass is 19.4. The molecule has 0 unspecified atom stereocenters. The van der Waals surface area contributed by atoms with Crippen LogP contribution in [0.15, 0.2) is 60.2 Å². The van der Waals surface area contributed by atoms with Gasteiger partial charge in [0.05, 0.1) is 17.2 Å². The molecule has 0 aromatic carbocycles. The lowest BCUT2D eigenvalue weighted by molar-refractivity contribution is -0.145. The molecule has 4 aromatic heterocycles. The van der Waals surface area contributed by atoms with Crippen molar-refractivity contribution in [3.63, 3.8) is 0 Å². The zero-order valence-electron chi connectivity index (χ0n) is 19.0. The summed E-state index contributed by atoms with van der Waals surface area (Å²) in [5, 5.41) is 2.68. The van der Waals surface area contributed by atoms with Crippen molar-refractivity contribution in [3.8, 4) is 16.9 Å². The van der Waals surface area contributed by atoms with Gasteiger partial charge in [-0.2, -0.15) is 13.2 Å². The highest BCUT2D eigenvalue weighted by Gasteiger charge is 2.34. The molecule has 0 aliphatic carbocycles. The van der Waals surface area contributed by atoms with Gasteiger partial charge in [0.15, 0.2) is 0 Å². The molecular weight excluding hydrogens is 477 g/mol. The predicted octanol–water partition coefficient (Wildman–Crippen LogP) is 2.88. The van der Waals surface area contributed by atoms with E-state index in [9.17, 15) is 22.8 Å². The zero-order chi connectivity index (χ0) is 26.0. The zero-order valence-corrected chi connectivity index (χ0v) is 19.0. The van der Waals surface area contributed by atoms with Gasteiger partial charge in [0, 0.05) is 48.3 Å². The van der Waals surface area contributed by atoms with Crippen molar-refractivity contribution < 1.29 is 18.0 Å². The number of aryl methyl sites for hydroxylation is 1. The average molecular weight is 496 g/mol. The molecule has 0 aliphatic rings. The topological polar surface area (TPSA) is 142 Å². The number of alkyl halides is 3. The Morgan fingerprint density at radius 3 is 2.28 bits per heavy atom. The summed E-state index contributed by atoms with van der Waals surface area (Å²) >= 11 is 0. The maximum absolute atomic E-state index is 13.3. The molecule has 36 heavy (non-hydrogen) atoms. The molecule has 3 N–H and O–H groups in total. The van der Waals surface area contributed by atoms with Crippen LogP contribution in [0.5, 0.6) is 0 Å². The van der Waals surface area contributed by atoms with Crippen LogP contribution in [0.3, 0.4) is 0 Å². The molecule has 0 fully saturated rings. The average Bonchev–Trinajstić information content (AvgIpc) is 2.85. The van der Waals surface area contributed by atoms with Gasteiger partial charge >= 0.3 is 6.18 Å². The van der Waals surface area contributed by atoms with E-state index in [1.165, 1.54) is 29.2 Å². The van der Waals surface area contributed by atoms with E-state index in [2.05, 4.69) is 30.2 Å². The maximum Gasteiger partial charge on any atom is 0.451 e. The number of halogens is 3. The number of pyridine rings is 2. The summed E-state index contributed by atoms with van der Waals surface area (Å²) in [5.74, 6) is -1.58. The van der Waals surface area contributed by atoms with Crippen molar-refractivity contribution in [2.45, 2.75) is 26.1 Å². The number of carbonyl (C=O) groups is 1. The number of carbonyl (C=O) groups excluding carboxylic acids is 1. The molecule has 0 spiro atoms. The summed E-state index contributed by atoms with van der Waals surface area (Å²) in [5.41, 5.74) is 6.75. The Hall–Kier alpha value is -4.68. The SMILES string of the molecule is Cc1ccc(-n2cc(C(=O)N[C@H](C)c3cnc(C(F)(F)F)nc3)cc(-c3cnc(N)nc3)c2=O)nc1. The Bertz CT molecular complexity index is 1380. The van der Waals surface area contributed by atoms with Gasteiger partial charge in [-0.25, -0.2) is 24.9 Å². The van der Waals surface area contributed by atoms with Crippen LogP contribution in [0.4, 0.5) is 19.1 Å². The Labute approximate surface area is 202 Å². The van der Waals surface area contributed by atoms with E-state index in [1.54, 1.807) is 25.3 Å². The van der Waals surface area contributed by atoms with Crippen LogP contribution in [-0.4, -0.2) is 35.4 Å². The van der Waals surface area contributed by atoms with Crippen molar-refractivity contribution in [1.29, 1.82) is 0 Å². The van der Waals surface area contributed by atoms with Gasteiger partial charge in [0.1, 0.15) is 5.82 Å². The minimum Gasteiger partial charge on any atom is -0.368 e. The monoisotopic (exact) mass is 496 g/mol. The van der Waals surface area contributed by atoms with Crippen molar-refractivity contribution in [3.05, 3.63) is 88.2 Å². The predicted molar refractivity (Wildman–Crippen MR) is 123 cm³/mol. The highest BCUT2D eigenvalue weighted by Crippen LogP contribution is 2.26. The molecular formula is C23H19F3N8O2. The third-order valence-electron chi connectivity index (χ3n) is 5.18. The van der Waals surface area contributed by atoms with Crippen LogP contribution in [0.2, 0.25) is 0 Å². The number of rotatable bonds is 5. The standard InChI is InChI=1S/C23H19F3N8O2/c1-12-3-4-18(28-6-12)34-11-14(5-17(20(34)36)16-9-31-22(27)32-10-16)19(35)33-13(2)15-7-29-21(30-8-15)23(24,25)26/h3-11,13H,1-2H3,(H,33,35)(H2,27,31,32)/t13-/m1/s1. The van der Waals surface area contributed by atoms with E-state index in [0.29, 0.717) is 5.56 Å². The quantitative estimate of drug-likeness (QED) is 0.430. The number of nitrogens with two attached hydrogens (primary N) is 1. The third kappa shape index (κ3) is 5.19. The first kappa shape index (κ1) is 24.4. The van der Waals surface area contributed by atoms with E-state index in [0.717, 1.165) is 18.0 Å². The van der Waals surface area contributed by atoms with Gasteiger partial charge in [0.2, 0.25) is 11.8 Å². The van der Waals surface area contributed by atoms with Crippen molar-refractivity contribution in [1.82, 2.24) is 34.8 Å². The number of nitrogens with one attached hydrogen (secondary N) is 1. The number of aromatic nitrogens is 6. The summed E-state index contributed by atoms with van der Waals surface area (Å²) in [4.78, 5) is 45.1. The molecule has 10 nitrogen and oxygen atoms in total. The minimum atomic E-state index is -4.68. The second-order valence-corrected chi connectivity index (χ2v) is 7.87. The number of nitrogens with zero attached hydrogens (tertiary/aromatic N) is 6. The van der Waals surface area contributed by atoms with Crippen LogP contribution < -0.4 is 16.6 Å². The van der Waals surface area contributed by atoms with Crippen LogP contribution in [0, 0.1) is 6.92 Å². The molecule has 1 amide bonds. The van der Waals surface area contributed by atoms with Gasteiger partial charge in [-0.15, -0.1) is 0 Å². The van der Waals surface area contributed by atoms with Crippen molar-refractivity contribution >= 4 is 11.9 Å². The largest absolute Gasteiger partial charge is 0.451 e. The molecule has 4 rings (SSSR count). The van der Waals surface area contributed by atoms with Gasteiger partial charge in [0.25, 0.3) is 11.5 Å². The molecule has 1 atom stereocenters. The molecule has 0 radical (unpaired) electrons. The molecule has 184 valence electrons. The van der Waals surface area contributed by atoms with Crippen LogP contribution >= 0.6 is 0 Å². The van der Waals surface area contributed by atoms with Gasteiger partial charge < -0.3 is 11.1 Å².